The van der Waals surface area contributed by atoms with Crippen LogP contribution in [0.1, 0.15) is 95.0 Å². The predicted octanol–water partition coefficient (Wildman–Crippen LogP) is 6.49. The zero-order valence-corrected chi connectivity index (χ0v) is 26.7. The number of aryl methyl sites for hydroxylation is 2. The van der Waals surface area contributed by atoms with E-state index in [1.165, 1.54) is 5.56 Å². The number of phenolic OH excluding ortho intramolecular Hbond substituents is 1. The maximum atomic E-state index is 14.6. The Kier molecular flexibility index (Phi) is 7.73. The van der Waals surface area contributed by atoms with Gasteiger partial charge in [0.2, 0.25) is 5.78 Å². The molecule has 2 aromatic rings. The number of Topliss-reactive ketones (excluding diaryl/α,β-unsaturated/α-hetero) is 3. The van der Waals surface area contributed by atoms with Crippen LogP contribution in [0.3, 0.4) is 0 Å². The van der Waals surface area contributed by atoms with Crippen molar-refractivity contribution in [3.63, 3.8) is 0 Å². The number of hydrogen-bond acceptors (Lipinski definition) is 7. The third-order valence-corrected chi connectivity index (χ3v) is 10.5. The summed E-state index contributed by atoms with van der Waals surface area (Å²) < 4.78 is 0. The van der Waals surface area contributed by atoms with E-state index in [0.717, 1.165) is 30.9 Å². The minimum atomic E-state index is -2.61. The van der Waals surface area contributed by atoms with Gasteiger partial charge >= 0.3 is 0 Å². The molecule has 1 unspecified atom stereocenters. The molecular formula is C37H44O7. The van der Waals surface area contributed by atoms with Gasteiger partial charge < -0.3 is 20.4 Å². The molecule has 0 saturated heterocycles. The van der Waals surface area contributed by atoms with E-state index in [-0.39, 0.29) is 41.6 Å². The molecule has 4 atom stereocenters. The van der Waals surface area contributed by atoms with Crippen LogP contribution in [0.4, 0.5) is 0 Å². The Morgan fingerprint density at radius 3 is 2.20 bits per heavy atom. The quantitative estimate of drug-likeness (QED) is 0.267. The van der Waals surface area contributed by atoms with Crippen molar-refractivity contribution in [1.82, 2.24) is 0 Å². The number of aliphatic hydroxyl groups excluding tert-OH is 2. The molecule has 2 aromatic carbocycles. The minimum Gasteiger partial charge on any atom is -0.508 e. The Morgan fingerprint density at radius 2 is 1.64 bits per heavy atom. The molecule has 1 saturated carbocycles. The van der Waals surface area contributed by atoms with E-state index in [2.05, 4.69) is 12.1 Å². The average molecular weight is 601 g/mol. The zero-order chi connectivity index (χ0) is 32.5. The highest BCUT2D eigenvalue weighted by Gasteiger charge is 2.72. The van der Waals surface area contributed by atoms with Gasteiger partial charge in [-0.3, -0.25) is 14.4 Å². The van der Waals surface area contributed by atoms with Crippen LogP contribution in [0.25, 0.3) is 5.76 Å². The summed E-state index contributed by atoms with van der Waals surface area (Å²) in [5, 5.41) is 47.2. The van der Waals surface area contributed by atoms with Crippen molar-refractivity contribution in [2.24, 2.45) is 22.7 Å². The Labute approximate surface area is 259 Å². The monoisotopic (exact) mass is 600 g/mol. The van der Waals surface area contributed by atoms with Crippen LogP contribution >= 0.6 is 0 Å². The van der Waals surface area contributed by atoms with Crippen LogP contribution in [0.5, 0.6) is 5.75 Å². The summed E-state index contributed by atoms with van der Waals surface area (Å²) in [7, 11) is 0. The molecule has 234 valence electrons. The van der Waals surface area contributed by atoms with Crippen molar-refractivity contribution in [1.29, 1.82) is 0 Å². The van der Waals surface area contributed by atoms with Crippen LogP contribution in [0, 0.1) is 22.7 Å². The van der Waals surface area contributed by atoms with Crippen LogP contribution in [0.15, 0.2) is 53.3 Å². The van der Waals surface area contributed by atoms with Crippen LogP contribution in [-0.4, -0.2) is 43.4 Å². The third kappa shape index (κ3) is 4.38. The molecule has 4 N–H and O–H groups in total. The van der Waals surface area contributed by atoms with Crippen molar-refractivity contribution in [3.05, 3.63) is 81.1 Å². The first kappa shape index (κ1) is 31.7. The maximum Gasteiger partial charge on any atom is 0.203 e. The predicted molar refractivity (Wildman–Crippen MR) is 168 cm³/mol. The Hall–Kier alpha value is -3.71. The lowest BCUT2D eigenvalue weighted by Crippen LogP contribution is -2.69. The fraction of sp³-hybridized carbons (Fsp3) is 0.486. The second-order valence-corrected chi connectivity index (χ2v) is 14.3. The summed E-state index contributed by atoms with van der Waals surface area (Å²) in [4.78, 5) is 40.9. The molecule has 7 nitrogen and oxygen atoms in total. The molecule has 1 fully saturated rings. The number of phenols is 1. The van der Waals surface area contributed by atoms with Gasteiger partial charge in [0.05, 0.1) is 5.56 Å². The van der Waals surface area contributed by atoms with E-state index in [4.69, 9.17) is 0 Å². The number of carbonyl (C=O) groups is 3. The van der Waals surface area contributed by atoms with Gasteiger partial charge in [0.1, 0.15) is 22.8 Å². The van der Waals surface area contributed by atoms with Crippen molar-refractivity contribution in [3.8, 4) is 5.75 Å². The first-order chi connectivity index (χ1) is 20.5. The highest BCUT2D eigenvalue weighted by Crippen LogP contribution is 2.65. The Bertz CT molecular complexity index is 1630. The van der Waals surface area contributed by atoms with Crippen molar-refractivity contribution in [2.45, 2.75) is 92.1 Å². The molecule has 7 heteroatoms. The Morgan fingerprint density at radius 1 is 1.00 bits per heavy atom. The van der Waals surface area contributed by atoms with E-state index >= 15 is 0 Å². The van der Waals surface area contributed by atoms with Gasteiger partial charge in [0, 0.05) is 22.3 Å². The van der Waals surface area contributed by atoms with E-state index in [1.807, 2.05) is 45.0 Å². The number of benzene rings is 2. The molecule has 44 heavy (non-hydrogen) atoms. The number of rotatable bonds is 7. The number of ketones is 3. The Balaban J connectivity index is 1.70. The normalized spacial score (nSPS) is 28.4. The van der Waals surface area contributed by atoms with Crippen LogP contribution in [0.2, 0.25) is 0 Å². The van der Waals surface area contributed by atoms with Crippen molar-refractivity contribution in [2.75, 3.05) is 0 Å². The molecule has 3 aliphatic rings. The number of aliphatic hydroxyl groups is 3. The lowest BCUT2D eigenvalue weighted by atomic mass is 9.43. The first-order valence-corrected chi connectivity index (χ1v) is 15.6. The number of fused-ring (bicyclic) bond motifs is 3. The van der Waals surface area contributed by atoms with Gasteiger partial charge in [-0.1, -0.05) is 77.9 Å². The molecule has 0 radical (unpaired) electrons. The molecule has 3 aliphatic carbocycles. The molecular weight excluding hydrogens is 556 g/mol. The number of hydrogen-bond donors (Lipinski definition) is 4. The average Bonchev–Trinajstić information content (AvgIpc) is 2.92. The maximum absolute atomic E-state index is 14.6. The largest absolute Gasteiger partial charge is 0.508 e. The third-order valence-electron chi connectivity index (χ3n) is 10.5. The molecule has 0 aliphatic heterocycles. The summed E-state index contributed by atoms with van der Waals surface area (Å²) in [6.45, 7) is 12.3. The molecule has 0 spiro atoms. The summed E-state index contributed by atoms with van der Waals surface area (Å²) in [6, 6.07) is 12.1. The number of carbonyl (C=O) groups excluding carboxylic acids is 3. The summed E-state index contributed by atoms with van der Waals surface area (Å²) in [5.41, 5.74) is -2.04. The highest BCUT2D eigenvalue weighted by molar-refractivity contribution is 6.24. The smallest absolute Gasteiger partial charge is 0.203 e. The molecule has 0 aromatic heterocycles. The zero-order valence-electron chi connectivity index (χ0n) is 26.7. The fourth-order valence-electron chi connectivity index (χ4n) is 8.70. The fourth-order valence-corrected chi connectivity index (χ4v) is 8.70. The molecule has 0 amide bonds. The van der Waals surface area contributed by atoms with E-state index in [9.17, 15) is 34.8 Å². The molecule has 0 bridgehead atoms. The lowest BCUT2D eigenvalue weighted by Gasteiger charge is -2.60. The first-order valence-electron chi connectivity index (χ1n) is 15.6. The summed E-state index contributed by atoms with van der Waals surface area (Å²) in [6.07, 6.45) is 2.49. The van der Waals surface area contributed by atoms with Crippen LogP contribution in [-0.2, 0) is 33.6 Å². The topological polar surface area (TPSA) is 132 Å². The standard InChI is InChI=1S/C37H44O7/c1-19(2)24-16-23(15-11-14-22-12-9-8-10-13-22)30(39)27-25(24)17-35(6)18-36(7)28(20(3)4)31(40)26(21(5)38)33(42)37(36,44)34(43)29(35)32(27)41/h8-10,12-13,16,19-20,28,39,41-42,44H,11,14-15,17-18H2,1-7H3/t28?,35-,36-,37+/m1/s1. The van der Waals surface area contributed by atoms with Crippen molar-refractivity contribution < 1.29 is 34.8 Å². The highest BCUT2D eigenvalue weighted by atomic mass is 16.3. The van der Waals surface area contributed by atoms with Gasteiger partial charge in [-0.05, 0) is 73.1 Å². The van der Waals surface area contributed by atoms with Gasteiger partial charge in [0.15, 0.2) is 17.2 Å². The van der Waals surface area contributed by atoms with Gasteiger partial charge in [0.25, 0.3) is 0 Å². The van der Waals surface area contributed by atoms with Gasteiger partial charge in [-0.2, -0.15) is 0 Å². The van der Waals surface area contributed by atoms with Gasteiger partial charge in [-0.15, -0.1) is 0 Å². The summed E-state index contributed by atoms with van der Waals surface area (Å²) >= 11 is 0. The van der Waals surface area contributed by atoms with Gasteiger partial charge in [-0.25, -0.2) is 0 Å². The van der Waals surface area contributed by atoms with E-state index < -0.39 is 56.8 Å². The second-order valence-electron chi connectivity index (χ2n) is 14.3. The van der Waals surface area contributed by atoms with E-state index in [0.29, 0.717) is 12.0 Å². The summed E-state index contributed by atoms with van der Waals surface area (Å²) in [5.74, 6) is -4.97. The van der Waals surface area contributed by atoms with E-state index in [1.54, 1.807) is 20.8 Å². The number of allylic oxidation sites excluding steroid dienone is 1. The molecule has 0 heterocycles. The number of aromatic hydroxyl groups is 1. The lowest BCUT2D eigenvalue weighted by molar-refractivity contribution is -0.178. The second kappa shape index (κ2) is 10.7. The SMILES string of the molecule is CC(=O)C1=C(O)[C@]2(O)C(=O)C3=C(O)c4c(O)c(CCCc5ccccc5)cc(C(C)C)c4C[C@]3(C)C[C@]2(C)C(C(C)C)C1=O. The van der Waals surface area contributed by atoms with Crippen molar-refractivity contribution >= 4 is 23.1 Å². The van der Waals surface area contributed by atoms with Crippen LogP contribution < -0.4 is 0 Å². The minimum absolute atomic E-state index is 0.0479. The molecule has 5 rings (SSSR count).